The first-order chi connectivity index (χ1) is 29.1. The molecular formula is C42H83NO16P2. The topological polar surface area (TPSA) is 282 Å². The number of phosphoric ester groups is 2. The van der Waals surface area contributed by atoms with Crippen molar-refractivity contribution < 1.29 is 76.9 Å². The average Bonchev–Trinajstić information content (AvgIpc) is 3.21. The summed E-state index contributed by atoms with van der Waals surface area (Å²) < 4.78 is 49.3. The number of hydrogen-bond donors (Lipinski definition) is 8. The fraction of sp³-hybridized carbons (Fsp3) is 0.952. The van der Waals surface area contributed by atoms with Gasteiger partial charge < -0.3 is 50.3 Å². The summed E-state index contributed by atoms with van der Waals surface area (Å²) in [5, 5.41) is 41.2. The van der Waals surface area contributed by atoms with Gasteiger partial charge in [-0.05, 0) is 25.8 Å². The van der Waals surface area contributed by atoms with E-state index in [9.17, 15) is 44.0 Å². The Morgan fingerprint density at radius 2 is 0.885 bits per heavy atom. The number of phosphoric acid groups is 2. The molecule has 1 rings (SSSR count). The van der Waals surface area contributed by atoms with Crippen molar-refractivity contribution in [3.63, 3.8) is 0 Å². The molecular weight excluding hydrogens is 836 g/mol. The summed E-state index contributed by atoms with van der Waals surface area (Å²) in [5.74, 6) is -1.20. The summed E-state index contributed by atoms with van der Waals surface area (Å²) >= 11 is 0. The molecule has 1 saturated carbocycles. The Morgan fingerprint density at radius 1 is 0.508 bits per heavy atom. The van der Waals surface area contributed by atoms with Gasteiger partial charge in [0.1, 0.15) is 43.2 Å². The van der Waals surface area contributed by atoms with Gasteiger partial charge in [0.15, 0.2) is 6.10 Å². The van der Waals surface area contributed by atoms with Gasteiger partial charge in [-0.1, -0.05) is 161 Å². The van der Waals surface area contributed by atoms with E-state index in [0.29, 0.717) is 12.8 Å². The number of carbonyl (C=O) groups is 2. The lowest BCUT2D eigenvalue weighted by Crippen LogP contribution is -2.64. The van der Waals surface area contributed by atoms with Gasteiger partial charge in [0.05, 0.1) is 6.61 Å². The van der Waals surface area contributed by atoms with Crippen LogP contribution in [-0.2, 0) is 41.8 Å². The highest BCUT2D eigenvalue weighted by atomic mass is 31.2. The molecule has 1 aliphatic rings. The number of rotatable bonds is 40. The minimum atomic E-state index is -5.36. The number of ether oxygens (including phenoxy) is 2. The van der Waals surface area contributed by atoms with Crippen LogP contribution in [0.4, 0.5) is 0 Å². The Hall–Kier alpha value is -1.04. The normalized spacial score (nSPS) is 22.2. The van der Waals surface area contributed by atoms with E-state index >= 15 is 0 Å². The molecule has 0 heterocycles. The second kappa shape index (κ2) is 35.2. The quantitative estimate of drug-likeness (QED) is 0.0172. The third-order valence-electron chi connectivity index (χ3n) is 11.0. The lowest BCUT2D eigenvalue weighted by molar-refractivity contribution is -0.216. The Balaban J connectivity index is 2.58. The van der Waals surface area contributed by atoms with E-state index in [4.69, 9.17) is 34.0 Å². The highest BCUT2D eigenvalue weighted by Gasteiger charge is 2.54. The standard InChI is InChI=1S/C42H83NO16P2/c1-2-3-4-5-6-7-8-11-15-18-21-24-27-30-36(45)57-34(32-55-35(44)29-26-23-20-17-14-12-9-10-13-16-19-22-25-28-31-43)33-56-61(53,54)59-42-39(48)37(46)38(47)41(40(42)49)58-60(50,51)52/h34,37-42,46-49H,2-33,43H2,1H3,(H,53,54)(H2,50,51,52)/t34-,37+,38?,39+,40?,41-,42?/m0/s1. The minimum Gasteiger partial charge on any atom is -0.462 e. The minimum absolute atomic E-state index is 0.0484. The molecule has 61 heavy (non-hydrogen) atoms. The Morgan fingerprint density at radius 3 is 1.30 bits per heavy atom. The zero-order valence-electron chi connectivity index (χ0n) is 36.9. The van der Waals surface area contributed by atoms with Gasteiger partial charge in [-0.25, -0.2) is 9.13 Å². The van der Waals surface area contributed by atoms with Crippen LogP contribution in [0.1, 0.15) is 193 Å². The molecule has 0 spiro atoms. The van der Waals surface area contributed by atoms with Crippen LogP contribution >= 0.6 is 15.6 Å². The summed E-state index contributed by atoms with van der Waals surface area (Å²) in [6, 6.07) is 0. The van der Waals surface area contributed by atoms with Crippen LogP contribution in [0.2, 0.25) is 0 Å². The third kappa shape index (κ3) is 29.9. The van der Waals surface area contributed by atoms with Crippen LogP contribution < -0.4 is 5.73 Å². The van der Waals surface area contributed by atoms with Crippen LogP contribution in [0.3, 0.4) is 0 Å². The van der Waals surface area contributed by atoms with Crippen LogP contribution in [0, 0.1) is 0 Å². The summed E-state index contributed by atoms with van der Waals surface area (Å²) in [6.07, 6.45) is 15.8. The lowest BCUT2D eigenvalue weighted by Gasteiger charge is -2.43. The molecule has 0 aliphatic heterocycles. The fourth-order valence-corrected chi connectivity index (χ4v) is 8.93. The number of esters is 2. The largest absolute Gasteiger partial charge is 0.472 e. The number of carbonyl (C=O) groups excluding carboxylic acids is 2. The number of hydrogen-bond acceptors (Lipinski definition) is 14. The highest BCUT2D eigenvalue weighted by molar-refractivity contribution is 7.47. The molecule has 1 aliphatic carbocycles. The van der Waals surface area contributed by atoms with Crippen LogP contribution in [0.5, 0.6) is 0 Å². The van der Waals surface area contributed by atoms with Crippen molar-refractivity contribution in [1.82, 2.24) is 0 Å². The second-order valence-electron chi connectivity index (χ2n) is 16.6. The van der Waals surface area contributed by atoms with E-state index in [1.165, 1.54) is 103 Å². The Bertz CT molecular complexity index is 1210. The van der Waals surface area contributed by atoms with E-state index < -0.39 is 83.5 Å². The van der Waals surface area contributed by atoms with Crippen LogP contribution in [0.25, 0.3) is 0 Å². The SMILES string of the molecule is CCCCCCCCCCCCCCCC(=O)O[C@@H](COC(=O)CCCCCCCCCCCCCCCCN)COP(=O)(O)OC1C(O)[C@@H](OP(=O)(O)O)C(O)[C@@H](O)[C@H]1O. The maximum atomic E-state index is 13.0. The maximum Gasteiger partial charge on any atom is 0.472 e. The average molecular weight is 920 g/mol. The fourth-order valence-electron chi connectivity index (χ4n) is 7.39. The van der Waals surface area contributed by atoms with Crippen molar-refractivity contribution in [3.05, 3.63) is 0 Å². The molecule has 362 valence electrons. The van der Waals surface area contributed by atoms with E-state index in [2.05, 4.69) is 11.4 Å². The molecule has 1 fully saturated rings. The summed E-state index contributed by atoms with van der Waals surface area (Å²) in [4.78, 5) is 54.2. The molecule has 19 heteroatoms. The van der Waals surface area contributed by atoms with Gasteiger partial charge in [0, 0.05) is 12.8 Å². The van der Waals surface area contributed by atoms with E-state index in [-0.39, 0.29) is 12.8 Å². The first kappa shape index (κ1) is 58.0. The van der Waals surface area contributed by atoms with Gasteiger partial charge in [0.2, 0.25) is 0 Å². The third-order valence-corrected chi connectivity index (χ3v) is 12.5. The lowest BCUT2D eigenvalue weighted by atomic mass is 9.85. The summed E-state index contributed by atoms with van der Waals surface area (Å²) in [7, 11) is -10.7. The van der Waals surface area contributed by atoms with Gasteiger partial charge in [-0.3, -0.25) is 23.2 Å². The predicted molar refractivity (Wildman–Crippen MR) is 231 cm³/mol. The zero-order valence-corrected chi connectivity index (χ0v) is 38.7. The maximum absolute atomic E-state index is 13.0. The van der Waals surface area contributed by atoms with Crippen molar-refractivity contribution in [3.8, 4) is 0 Å². The van der Waals surface area contributed by atoms with E-state index in [1.54, 1.807) is 0 Å². The molecule has 0 aromatic rings. The molecule has 0 bridgehead atoms. The zero-order chi connectivity index (χ0) is 45.4. The smallest absolute Gasteiger partial charge is 0.462 e. The van der Waals surface area contributed by atoms with Crippen LogP contribution in [-0.4, -0.2) is 110 Å². The molecule has 0 saturated heterocycles. The number of nitrogens with two attached hydrogens (primary N) is 1. The monoisotopic (exact) mass is 920 g/mol. The predicted octanol–water partition coefficient (Wildman–Crippen LogP) is 7.17. The number of unbranched alkanes of at least 4 members (excludes halogenated alkanes) is 25. The molecule has 9 N–H and O–H groups in total. The van der Waals surface area contributed by atoms with Crippen molar-refractivity contribution in [2.24, 2.45) is 5.73 Å². The van der Waals surface area contributed by atoms with Crippen molar-refractivity contribution in [1.29, 1.82) is 0 Å². The second-order valence-corrected chi connectivity index (χ2v) is 19.2. The molecule has 0 aromatic carbocycles. The molecule has 0 aromatic heterocycles. The number of aliphatic hydroxyl groups is 4. The molecule has 8 atom stereocenters. The first-order valence-electron chi connectivity index (χ1n) is 23.3. The highest BCUT2D eigenvalue weighted by Crippen LogP contribution is 2.49. The van der Waals surface area contributed by atoms with Crippen LogP contribution in [0.15, 0.2) is 0 Å². The number of aliphatic hydroxyl groups excluding tert-OH is 4. The molecule has 0 radical (unpaired) electrons. The van der Waals surface area contributed by atoms with Gasteiger partial charge >= 0.3 is 27.6 Å². The van der Waals surface area contributed by atoms with E-state index in [0.717, 1.165) is 64.3 Å². The van der Waals surface area contributed by atoms with Gasteiger partial charge in [0.25, 0.3) is 0 Å². The summed E-state index contributed by atoms with van der Waals surface area (Å²) in [5.41, 5.74) is 5.54. The van der Waals surface area contributed by atoms with Gasteiger partial charge in [-0.15, -0.1) is 0 Å². The van der Waals surface area contributed by atoms with Gasteiger partial charge in [-0.2, -0.15) is 0 Å². The first-order valence-corrected chi connectivity index (χ1v) is 26.3. The Labute approximate surface area is 365 Å². The molecule has 4 unspecified atom stereocenters. The van der Waals surface area contributed by atoms with Crippen molar-refractivity contribution in [2.45, 2.75) is 236 Å². The van der Waals surface area contributed by atoms with E-state index in [1.807, 2.05) is 0 Å². The molecule has 0 amide bonds. The summed E-state index contributed by atoms with van der Waals surface area (Å²) in [6.45, 7) is 1.65. The Kier molecular flexibility index (Phi) is 33.5. The molecule has 17 nitrogen and oxygen atoms in total. The van der Waals surface area contributed by atoms with Crippen molar-refractivity contribution >= 4 is 27.6 Å². The van der Waals surface area contributed by atoms with Crippen molar-refractivity contribution in [2.75, 3.05) is 19.8 Å².